The van der Waals surface area contributed by atoms with E-state index in [2.05, 4.69) is 0 Å². The fourth-order valence-electron chi connectivity index (χ4n) is 1.04. The van der Waals surface area contributed by atoms with Crippen LogP contribution >= 0.6 is 0 Å². The first-order valence-corrected chi connectivity index (χ1v) is 4.00. The van der Waals surface area contributed by atoms with E-state index in [1.54, 1.807) is 0 Å². The van der Waals surface area contributed by atoms with Crippen molar-refractivity contribution in [3.05, 3.63) is 23.8 Å². The molecule has 1 aromatic carbocycles. The Morgan fingerprint density at radius 3 is 2.50 bits per heavy atom. The Morgan fingerprint density at radius 1 is 1.36 bits per heavy atom. The number of phenolic OH excluding ortho intramolecular Hbond substituents is 2. The van der Waals surface area contributed by atoms with Crippen LogP contribution in [0.4, 0.5) is 0 Å². The van der Waals surface area contributed by atoms with Gasteiger partial charge < -0.3 is 21.1 Å². The van der Waals surface area contributed by atoms with E-state index in [0.717, 1.165) is 0 Å². The standard InChI is InChI=1S/C9H11NO4/c10-6(9(13)14)3-5-1-2-7(11)8(12)4-5/h1-2,4,6,11-12H,3,10H2,(H,13,14)/t6-/m0/s1/i9+1. The lowest BCUT2D eigenvalue weighted by Crippen LogP contribution is -2.32. The van der Waals surface area contributed by atoms with Crippen LogP contribution in [0.15, 0.2) is 18.2 Å². The number of phenols is 2. The van der Waals surface area contributed by atoms with Crippen LogP contribution in [0.2, 0.25) is 0 Å². The van der Waals surface area contributed by atoms with Crippen LogP contribution in [0.25, 0.3) is 0 Å². The Balaban J connectivity index is 2.78. The zero-order valence-electron chi connectivity index (χ0n) is 7.34. The molecule has 0 spiro atoms. The summed E-state index contributed by atoms with van der Waals surface area (Å²) >= 11 is 0. The molecule has 0 bridgehead atoms. The number of hydrogen-bond donors (Lipinski definition) is 4. The summed E-state index contributed by atoms with van der Waals surface area (Å²) in [5.74, 6) is -1.62. The van der Waals surface area contributed by atoms with Gasteiger partial charge in [0.2, 0.25) is 0 Å². The number of carboxylic acid groups (broad SMARTS) is 1. The largest absolute Gasteiger partial charge is 0.504 e. The Labute approximate surface area is 80.4 Å². The van der Waals surface area contributed by atoms with Crippen molar-refractivity contribution in [2.45, 2.75) is 12.5 Å². The van der Waals surface area contributed by atoms with E-state index >= 15 is 0 Å². The minimum atomic E-state index is -1.10. The minimum Gasteiger partial charge on any atom is -0.504 e. The summed E-state index contributed by atoms with van der Waals surface area (Å²) in [5, 5.41) is 26.6. The number of hydrogen-bond acceptors (Lipinski definition) is 4. The molecule has 5 heteroatoms. The Bertz CT molecular complexity index is 351. The Hall–Kier alpha value is -1.75. The number of benzene rings is 1. The van der Waals surface area contributed by atoms with Crippen molar-refractivity contribution < 1.29 is 20.1 Å². The summed E-state index contributed by atoms with van der Waals surface area (Å²) < 4.78 is 0. The fourth-order valence-corrected chi connectivity index (χ4v) is 1.04. The molecule has 0 aromatic heterocycles. The molecule has 0 amide bonds. The molecule has 5 N–H and O–H groups in total. The van der Waals surface area contributed by atoms with Crippen molar-refractivity contribution in [2.24, 2.45) is 5.73 Å². The number of aromatic hydroxyl groups is 2. The summed E-state index contributed by atoms with van der Waals surface area (Å²) in [7, 11) is 0. The normalized spacial score (nSPS) is 12.4. The van der Waals surface area contributed by atoms with E-state index in [4.69, 9.17) is 21.1 Å². The van der Waals surface area contributed by atoms with E-state index in [1.165, 1.54) is 18.2 Å². The predicted molar refractivity (Wildman–Crippen MR) is 49.1 cm³/mol. The van der Waals surface area contributed by atoms with Crippen molar-refractivity contribution in [3.63, 3.8) is 0 Å². The van der Waals surface area contributed by atoms with Gasteiger partial charge in [-0.3, -0.25) is 4.79 Å². The number of aliphatic carboxylic acids is 1. The SMILES string of the molecule is N[C@@H](Cc1ccc(O)c(O)c1)[13C](=O)O. The second-order valence-electron chi connectivity index (χ2n) is 2.97. The highest BCUT2D eigenvalue weighted by molar-refractivity contribution is 5.73. The zero-order valence-corrected chi connectivity index (χ0v) is 7.34. The minimum absolute atomic E-state index is 0.114. The lowest BCUT2D eigenvalue weighted by molar-refractivity contribution is -0.138. The monoisotopic (exact) mass is 198 g/mol. The number of carbonyl (C=O) groups is 1. The second-order valence-corrected chi connectivity index (χ2v) is 2.97. The summed E-state index contributed by atoms with van der Waals surface area (Å²) in [6.45, 7) is 0. The third-order valence-corrected chi connectivity index (χ3v) is 1.81. The number of rotatable bonds is 3. The summed E-state index contributed by atoms with van der Waals surface area (Å²) in [6.07, 6.45) is 0.114. The maximum Gasteiger partial charge on any atom is 0.320 e. The van der Waals surface area contributed by atoms with Crippen LogP contribution in [0.3, 0.4) is 0 Å². The molecule has 0 aliphatic heterocycles. The maximum absolute atomic E-state index is 10.4. The van der Waals surface area contributed by atoms with Gasteiger partial charge in [-0.25, -0.2) is 0 Å². The first-order valence-electron chi connectivity index (χ1n) is 4.00. The number of nitrogens with two attached hydrogens (primary N) is 1. The van der Waals surface area contributed by atoms with Gasteiger partial charge in [-0.2, -0.15) is 0 Å². The molecule has 0 radical (unpaired) electrons. The highest BCUT2D eigenvalue weighted by atomic mass is 16.5. The van der Waals surface area contributed by atoms with Crippen LogP contribution in [0.5, 0.6) is 11.5 Å². The molecule has 14 heavy (non-hydrogen) atoms. The molecule has 0 aliphatic carbocycles. The molecule has 0 saturated carbocycles. The smallest absolute Gasteiger partial charge is 0.320 e. The van der Waals surface area contributed by atoms with E-state index in [9.17, 15) is 4.79 Å². The van der Waals surface area contributed by atoms with Gasteiger partial charge in [0.1, 0.15) is 6.04 Å². The van der Waals surface area contributed by atoms with Gasteiger partial charge in [-0.05, 0) is 24.1 Å². The highest BCUT2D eigenvalue weighted by Gasteiger charge is 2.12. The van der Waals surface area contributed by atoms with Gasteiger partial charge in [0.25, 0.3) is 0 Å². The van der Waals surface area contributed by atoms with Gasteiger partial charge in [0.05, 0.1) is 0 Å². The van der Waals surface area contributed by atoms with Crippen LogP contribution in [0.1, 0.15) is 5.56 Å². The van der Waals surface area contributed by atoms with E-state index in [-0.39, 0.29) is 17.9 Å². The van der Waals surface area contributed by atoms with Crippen molar-refractivity contribution in [1.29, 1.82) is 0 Å². The van der Waals surface area contributed by atoms with Gasteiger partial charge in [0.15, 0.2) is 11.5 Å². The van der Waals surface area contributed by atoms with Gasteiger partial charge in [-0.1, -0.05) is 6.07 Å². The van der Waals surface area contributed by atoms with Crippen LogP contribution in [0, 0.1) is 0 Å². The molecular formula is C9H11NO4. The molecule has 0 fully saturated rings. The van der Waals surface area contributed by atoms with Crippen molar-refractivity contribution in [3.8, 4) is 11.5 Å². The molecule has 0 heterocycles. The molecule has 1 aromatic rings. The third-order valence-electron chi connectivity index (χ3n) is 1.81. The van der Waals surface area contributed by atoms with Crippen molar-refractivity contribution in [1.82, 2.24) is 0 Å². The van der Waals surface area contributed by atoms with Crippen molar-refractivity contribution in [2.75, 3.05) is 0 Å². The predicted octanol–water partition coefficient (Wildman–Crippen LogP) is 0.0522. The fraction of sp³-hybridized carbons (Fsp3) is 0.222. The first kappa shape index (κ1) is 10.3. The lowest BCUT2D eigenvalue weighted by Gasteiger charge is -2.06. The Morgan fingerprint density at radius 2 is 2.00 bits per heavy atom. The van der Waals surface area contributed by atoms with Crippen LogP contribution in [-0.4, -0.2) is 27.3 Å². The molecule has 0 aliphatic rings. The summed E-state index contributed by atoms with van der Waals surface area (Å²) in [4.78, 5) is 10.4. The molecule has 0 unspecified atom stereocenters. The van der Waals surface area contributed by atoms with Crippen molar-refractivity contribution >= 4 is 5.97 Å². The molecular weight excluding hydrogens is 187 g/mol. The van der Waals surface area contributed by atoms with E-state index in [1.807, 2.05) is 0 Å². The average molecular weight is 198 g/mol. The first-order chi connectivity index (χ1) is 6.50. The number of carboxylic acids is 1. The third kappa shape index (κ3) is 2.37. The van der Waals surface area contributed by atoms with Gasteiger partial charge in [0, 0.05) is 0 Å². The molecule has 5 nitrogen and oxygen atoms in total. The second kappa shape index (κ2) is 3.97. The van der Waals surface area contributed by atoms with Gasteiger partial charge >= 0.3 is 5.97 Å². The van der Waals surface area contributed by atoms with Crippen LogP contribution in [-0.2, 0) is 11.2 Å². The summed E-state index contributed by atoms with van der Waals surface area (Å²) in [6, 6.07) is 3.09. The molecule has 0 saturated heterocycles. The van der Waals surface area contributed by atoms with E-state index < -0.39 is 12.0 Å². The highest BCUT2D eigenvalue weighted by Crippen LogP contribution is 2.25. The topological polar surface area (TPSA) is 104 Å². The lowest BCUT2D eigenvalue weighted by atomic mass is 10.1. The molecule has 1 atom stereocenters. The summed E-state index contributed by atoms with van der Waals surface area (Å²) in [5.41, 5.74) is 5.86. The average Bonchev–Trinajstić information content (AvgIpc) is 2.11. The maximum atomic E-state index is 10.4. The molecule has 1 rings (SSSR count). The van der Waals surface area contributed by atoms with Crippen LogP contribution < -0.4 is 5.73 Å². The quantitative estimate of drug-likeness (QED) is 0.406. The van der Waals surface area contributed by atoms with Gasteiger partial charge in [-0.15, -0.1) is 0 Å². The molecule has 76 valence electrons. The zero-order chi connectivity index (χ0) is 10.7. The van der Waals surface area contributed by atoms with E-state index in [0.29, 0.717) is 5.56 Å². The Kier molecular flexibility index (Phi) is 2.93.